The van der Waals surface area contributed by atoms with Crippen LogP contribution < -0.4 is 19.8 Å². The van der Waals surface area contributed by atoms with Crippen LogP contribution in [0.5, 0.6) is 17.2 Å². The lowest BCUT2D eigenvalue weighted by Crippen LogP contribution is -2.33. The number of carbonyl (C=O) groups excluding carboxylic acids is 1. The minimum atomic E-state index is -5.01. The summed E-state index contributed by atoms with van der Waals surface area (Å²) in [4.78, 5) is 25.4. The summed E-state index contributed by atoms with van der Waals surface area (Å²) in [6.07, 6.45) is -4.60. The minimum absolute atomic E-state index is 0.0287. The number of esters is 1. The van der Waals surface area contributed by atoms with E-state index in [9.17, 15) is 31.5 Å². The molecule has 7 nitrogen and oxygen atoms in total. The van der Waals surface area contributed by atoms with Gasteiger partial charge in [-0.3, -0.25) is 4.79 Å². The third-order valence-corrected chi connectivity index (χ3v) is 7.48. The van der Waals surface area contributed by atoms with Crippen molar-refractivity contribution in [2.75, 3.05) is 20.3 Å². The molecular weight excluding hydrogens is 615 g/mol. The SMILES string of the molecule is CCC(C)(CC(C)(C)C)C(=O)OCCCC(F)(F)CCCOc1ccc2cc(-c3ccc(OC)cc3OC(F)(F)F)c(=O)oc2c1. The Morgan fingerprint density at radius 3 is 2.11 bits per heavy atom. The lowest BCUT2D eigenvalue weighted by molar-refractivity contribution is -0.274. The zero-order valence-electron chi connectivity index (χ0n) is 26.9. The van der Waals surface area contributed by atoms with Crippen LogP contribution in [0.2, 0.25) is 0 Å². The number of methoxy groups -OCH3 is 1. The Bertz CT molecular complexity index is 1540. The average Bonchev–Trinajstić information content (AvgIpc) is 2.95. The van der Waals surface area contributed by atoms with Crippen molar-refractivity contribution in [3.8, 4) is 28.4 Å². The predicted molar refractivity (Wildman–Crippen MR) is 163 cm³/mol. The molecule has 2 aromatic carbocycles. The van der Waals surface area contributed by atoms with Crippen LogP contribution in [-0.2, 0) is 9.53 Å². The van der Waals surface area contributed by atoms with E-state index in [2.05, 4.69) is 4.74 Å². The molecule has 254 valence electrons. The van der Waals surface area contributed by atoms with Crippen LogP contribution in [0, 0.1) is 10.8 Å². The van der Waals surface area contributed by atoms with Crippen LogP contribution in [0.3, 0.4) is 0 Å². The quantitative estimate of drug-likeness (QED) is 0.0698. The van der Waals surface area contributed by atoms with E-state index in [-0.39, 0.29) is 65.6 Å². The molecule has 0 saturated carbocycles. The molecule has 0 saturated heterocycles. The van der Waals surface area contributed by atoms with E-state index in [0.29, 0.717) is 18.2 Å². The molecule has 0 N–H and O–H groups in total. The molecule has 1 aromatic heterocycles. The summed E-state index contributed by atoms with van der Waals surface area (Å²) in [5.41, 5.74) is -1.88. The third-order valence-electron chi connectivity index (χ3n) is 7.48. The molecular formula is C34H41F5O7. The number of carbonyl (C=O) groups is 1. The molecule has 0 bridgehead atoms. The number of benzene rings is 2. The van der Waals surface area contributed by atoms with Crippen molar-refractivity contribution in [1.29, 1.82) is 0 Å². The summed E-state index contributed by atoms with van der Waals surface area (Å²) in [5.74, 6) is -3.62. The van der Waals surface area contributed by atoms with Gasteiger partial charge in [-0.05, 0) is 68.4 Å². The molecule has 0 radical (unpaired) electrons. The summed E-state index contributed by atoms with van der Waals surface area (Å²) >= 11 is 0. The van der Waals surface area contributed by atoms with Gasteiger partial charge < -0.3 is 23.4 Å². The van der Waals surface area contributed by atoms with E-state index >= 15 is 0 Å². The smallest absolute Gasteiger partial charge is 0.497 e. The van der Waals surface area contributed by atoms with Crippen molar-refractivity contribution in [3.63, 3.8) is 0 Å². The van der Waals surface area contributed by atoms with Crippen molar-refractivity contribution in [2.45, 2.75) is 85.4 Å². The fourth-order valence-corrected chi connectivity index (χ4v) is 5.26. The normalized spacial score (nSPS) is 13.7. The van der Waals surface area contributed by atoms with Gasteiger partial charge in [-0.25, -0.2) is 13.6 Å². The van der Waals surface area contributed by atoms with Crippen LogP contribution >= 0.6 is 0 Å². The van der Waals surface area contributed by atoms with Gasteiger partial charge in [-0.2, -0.15) is 0 Å². The first-order chi connectivity index (χ1) is 21.3. The second kappa shape index (κ2) is 14.7. The summed E-state index contributed by atoms with van der Waals surface area (Å²) in [6.45, 7) is 9.74. The number of hydrogen-bond donors (Lipinski definition) is 0. The molecule has 1 unspecified atom stereocenters. The van der Waals surface area contributed by atoms with Crippen molar-refractivity contribution in [1.82, 2.24) is 0 Å². The van der Waals surface area contributed by atoms with Crippen molar-refractivity contribution < 1.29 is 50.1 Å². The molecule has 0 spiro atoms. The van der Waals surface area contributed by atoms with Crippen molar-refractivity contribution >= 4 is 16.9 Å². The third kappa shape index (κ3) is 10.6. The maximum absolute atomic E-state index is 14.5. The van der Waals surface area contributed by atoms with Crippen LogP contribution in [0.15, 0.2) is 51.7 Å². The highest BCUT2D eigenvalue weighted by Crippen LogP contribution is 2.38. The fourth-order valence-electron chi connectivity index (χ4n) is 5.26. The van der Waals surface area contributed by atoms with E-state index in [1.807, 2.05) is 34.6 Å². The topological polar surface area (TPSA) is 84.2 Å². The molecule has 0 aliphatic rings. The summed E-state index contributed by atoms with van der Waals surface area (Å²) in [7, 11) is 1.28. The Hall–Kier alpha value is -3.83. The maximum atomic E-state index is 14.5. The van der Waals surface area contributed by atoms with Gasteiger partial charge in [-0.1, -0.05) is 27.7 Å². The van der Waals surface area contributed by atoms with Crippen LogP contribution in [-0.4, -0.2) is 38.6 Å². The Morgan fingerprint density at radius 1 is 0.848 bits per heavy atom. The molecule has 0 aliphatic heterocycles. The molecule has 1 atom stereocenters. The van der Waals surface area contributed by atoms with E-state index in [1.54, 1.807) is 0 Å². The molecule has 0 aliphatic carbocycles. The van der Waals surface area contributed by atoms with Crippen molar-refractivity contribution in [3.05, 3.63) is 52.9 Å². The van der Waals surface area contributed by atoms with E-state index in [4.69, 9.17) is 18.6 Å². The van der Waals surface area contributed by atoms with Gasteiger partial charge in [0.15, 0.2) is 0 Å². The summed E-state index contributed by atoms with van der Waals surface area (Å²) in [5, 5.41) is 0.389. The molecule has 0 fully saturated rings. The van der Waals surface area contributed by atoms with Gasteiger partial charge in [0, 0.05) is 35.9 Å². The van der Waals surface area contributed by atoms with Crippen LogP contribution in [0.4, 0.5) is 22.0 Å². The number of ether oxygens (including phenoxy) is 4. The molecule has 3 rings (SSSR count). The van der Waals surface area contributed by atoms with Gasteiger partial charge in [0.2, 0.25) is 5.92 Å². The Morgan fingerprint density at radius 2 is 1.50 bits per heavy atom. The fraction of sp³-hybridized carbons (Fsp3) is 0.529. The van der Waals surface area contributed by atoms with Crippen molar-refractivity contribution in [2.24, 2.45) is 10.8 Å². The minimum Gasteiger partial charge on any atom is -0.497 e. The molecule has 1 heterocycles. The highest BCUT2D eigenvalue weighted by atomic mass is 19.4. The Kier molecular flexibility index (Phi) is 11.7. The predicted octanol–water partition coefficient (Wildman–Crippen LogP) is 9.34. The Labute approximate surface area is 265 Å². The first kappa shape index (κ1) is 36.6. The first-order valence-corrected chi connectivity index (χ1v) is 15.0. The maximum Gasteiger partial charge on any atom is 0.573 e. The number of alkyl halides is 5. The monoisotopic (exact) mass is 656 g/mol. The first-order valence-electron chi connectivity index (χ1n) is 15.0. The molecule has 46 heavy (non-hydrogen) atoms. The van der Waals surface area contributed by atoms with Crippen LogP contribution in [0.1, 0.15) is 73.1 Å². The highest BCUT2D eigenvalue weighted by Gasteiger charge is 2.37. The molecule has 0 amide bonds. The molecule has 12 heteroatoms. The number of hydrogen-bond acceptors (Lipinski definition) is 7. The second-order valence-corrected chi connectivity index (χ2v) is 12.8. The van der Waals surface area contributed by atoms with Crippen LogP contribution in [0.25, 0.3) is 22.1 Å². The van der Waals surface area contributed by atoms with Gasteiger partial charge in [-0.15, -0.1) is 13.2 Å². The molecule has 3 aromatic rings. The standard InChI is InChI=1S/C34H41F5O7/c1-7-32(5,21-31(2,3)4)30(41)44-17-9-15-33(35,36)14-8-16-43-24-11-10-22-18-26(29(40)45-27(22)20-24)25-13-12-23(42-6)19-28(25)46-34(37,38)39/h10-13,18-20H,7-9,14-17,21H2,1-6H3. The zero-order chi connectivity index (χ0) is 34.3. The lowest BCUT2D eigenvalue weighted by Gasteiger charge is -2.32. The van der Waals surface area contributed by atoms with E-state index < -0.39 is 41.9 Å². The van der Waals surface area contributed by atoms with Gasteiger partial charge in [0.1, 0.15) is 22.8 Å². The average molecular weight is 657 g/mol. The number of halogens is 5. The van der Waals surface area contributed by atoms with Gasteiger partial charge in [0.25, 0.3) is 0 Å². The number of fused-ring (bicyclic) bond motifs is 1. The Balaban J connectivity index is 1.55. The van der Waals surface area contributed by atoms with E-state index in [1.165, 1.54) is 43.5 Å². The van der Waals surface area contributed by atoms with Gasteiger partial charge in [0.05, 0.1) is 31.3 Å². The highest BCUT2D eigenvalue weighted by molar-refractivity contribution is 5.84. The number of rotatable bonds is 15. The second-order valence-electron chi connectivity index (χ2n) is 12.8. The lowest BCUT2D eigenvalue weighted by atomic mass is 9.73. The summed E-state index contributed by atoms with van der Waals surface area (Å²) < 4.78 is 93.3. The zero-order valence-corrected chi connectivity index (χ0v) is 26.9. The van der Waals surface area contributed by atoms with E-state index in [0.717, 1.165) is 6.07 Å². The van der Waals surface area contributed by atoms with Gasteiger partial charge >= 0.3 is 18.0 Å². The summed E-state index contributed by atoms with van der Waals surface area (Å²) in [6, 6.07) is 9.48. The largest absolute Gasteiger partial charge is 0.573 e.